The average Bonchev–Trinajstić information content (AvgIpc) is 2.98. The highest BCUT2D eigenvalue weighted by molar-refractivity contribution is 5.68. The summed E-state index contributed by atoms with van der Waals surface area (Å²) in [4.78, 5) is 11.5. The van der Waals surface area contributed by atoms with E-state index < -0.39 is 5.60 Å². The number of methoxy groups -OCH3 is 1. The first-order valence-corrected chi connectivity index (χ1v) is 11.7. The van der Waals surface area contributed by atoms with Crippen LogP contribution in [0.5, 0.6) is 0 Å². The van der Waals surface area contributed by atoms with Gasteiger partial charge in [0, 0.05) is 6.42 Å². The van der Waals surface area contributed by atoms with Crippen LogP contribution in [0.2, 0.25) is 0 Å². The number of ether oxygens (including phenoxy) is 1. The van der Waals surface area contributed by atoms with Crippen LogP contribution in [0, 0.1) is 34.5 Å². The SMILES string of the molecule is COC(=O)CCCC1CCC2C3CC=C4CC(C)(O)CCC4(C)C3CCC12C. The second-order valence-corrected chi connectivity index (χ2v) is 11.2. The highest BCUT2D eigenvalue weighted by Crippen LogP contribution is 2.67. The number of esters is 1. The molecule has 158 valence electrons. The fourth-order valence-electron chi connectivity index (χ4n) is 7.98. The normalized spacial score (nSPS) is 47.5. The Kier molecular flexibility index (Phi) is 5.22. The minimum atomic E-state index is -0.501. The van der Waals surface area contributed by atoms with Gasteiger partial charge in [-0.2, -0.15) is 0 Å². The molecule has 7 atom stereocenters. The molecule has 0 spiro atoms. The highest BCUT2D eigenvalue weighted by Gasteiger charge is 2.58. The molecule has 3 nitrogen and oxygen atoms in total. The summed E-state index contributed by atoms with van der Waals surface area (Å²) in [6.45, 7) is 7.10. The van der Waals surface area contributed by atoms with Crippen molar-refractivity contribution in [3.05, 3.63) is 11.6 Å². The van der Waals surface area contributed by atoms with E-state index in [4.69, 9.17) is 4.74 Å². The van der Waals surface area contributed by atoms with Gasteiger partial charge in [0.1, 0.15) is 0 Å². The number of hydrogen-bond donors (Lipinski definition) is 1. The van der Waals surface area contributed by atoms with Crippen molar-refractivity contribution in [3.8, 4) is 0 Å². The smallest absolute Gasteiger partial charge is 0.305 e. The first kappa shape index (κ1) is 20.4. The monoisotopic (exact) mass is 388 g/mol. The van der Waals surface area contributed by atoms with Crippen LogP contribution in [0.25, 0.3) is 0 Å². The van der Waals surface area contributed by atoms with Crippen LogP contribution in [-0.2, 0) is 9.53 Å². The zero-order valence-corrected chi connectivity index (χ0v) is 18.4. The van der Waals surface area contributed by atoms with Crippen molar-refractivity contribution in [2.75, 3.05) is 7.11 Å². The minimum absolute atomic E-state index is 0.0607. The molecule has 7 unspecified atom stereocenters. The van der Waals surface area contributed by atoms with E-state index >= 15 is 0 Å². The fraction of sp³-hybridized carbons (Fsp3) is 0.880. The molecule has 0 bridgehead atoms. The molecular weight excluding hydrogens is 348 g/mol. The molecule has 1 N–H and O–H groups in total. The molecule has 4 rings (SSSR count). The summed E-state index contributed by atoms with van der Waals surface area (Å²) in [5, 5.41) is 10.6. The second-order valence-electron chi connectivity index (χ2n) is 11.2. The van der Waals surface area contributed by atoms with Gasteiger partial charge in [-0.3, -0.25) is 4.79 Å². The van der Waals surface area contributed by atoms with Gasteiger partial charge in [-0.05, 0) is 106 Å². The third kappa shape index (κ3) is 3.26. The van der Waals surface area contributed by atoms with Gasteiger partial charge in [-0.25, -0.2) is 0 Å². The molecule has 0 aromatic carbocycles. The fourth-order valence-corrected chi connectivity index (χ4v) is 7.98. The van der Waals surface area contributed by atoms with Crippen LogP contribution in [-0.4, -0.2) is 23.8 Å². The topological polar surface area (TPSA) is 46.5 Å². The standard InChI is InChI=1S/C25H40O3/c1-23(27)14-15-25(3)18(16-23)8-10-19-20-11-9-17(6-5-7-22(26)28-4)24(20,2)13-12-21(19)25/h8,17,19-21,27H,5-7,9-16H2,1-4H3. The highest BCUT2D eigenvalue weighted by atomic mass is 16.5. The molecule has 0 heterocycles. The summed E-state index contributed by atoms with van der Waals surface area (Å²) in [7, 11) is 1.49. The third-order valence-electron chi connectivity index (χ3n) is 9.74. The van der Waals surface area contributed by atoms with Crippen LogP contribution in [0.1, 0.15) is 91.4 Å². The van der Waals surface area contributed by atoms with E-state index in [9.17, 15) is 9.90 Å². The van der Waals surface area contributed by atoms with E-state index in [0.717, 1.165) is 49.4 Å². The maximum absolute atomic E-state index is 11.5. The first-order valence-electron chi connectivity index (χ1n) is 11.7. The van der Waals surface area contributed by atoms with Crippen LogP contribution in [0.3, 0.4) is 0 Å². The Balaban J connectivity index is 1.49. The number of carbonyl (C=O) groups is 1. The summed E-state index contributed by atoms with van der Waals surface area (Å²) in [6, 6.07) is 0. The van der Waals surface area contributed by atoms with Gasteiger partial charge in [0.15, 0.2) is 0 Å². The molecule has 0 radical (unpaired) electrons. The quantitative estimate of drug-likeness (QED) is 0.499. The van der Waals surface area contributed by atoms with Crippen molar-refractivity contribution in [2.24, 2.45) is 34.5 Å². The summed E-state index contributed by atoms with van der Waals surface area (Å²) >= 11 is 0. The van der Waals surface area contributed by atoms with Crippen molar-refractivity contribution in [2.45, 2.75) is 97.0 Å². The summed E-state index contributed by atoms with van der Waals surface area (Å²) < 4.78 is 4.83. The Hall–Kier alpha value is -0.830. The molecule has 3 fully saturated rings. The molecular formula is C25H40O3. The number of hydrogen-bond acceptors (Lipinski definition) is 3. The molecule has 28 heavy (non-hydrogen) atoms. The lowest BCUT2D eigenvalue weighted by atomic mass is 9.46. The lowest BCUT2D eigenvalue weighted by Crippen LogP contribution is -2.51. The van der Waals surface area contributed by atoms with Crippen molar-refractivity contribution in [1.82, 2.24) is 0 Å². The van der Waals surface area contributed by atoms with Gasteiger partial charge < -0.3 is 9.84 Å². The molecule has 0 aromatic heterocycles. The van der Waals surface area contributed by atoms with E-state index in [1.165, 1.54) is 45.6 Å². The van der Waals surface area contributed by atoms with E-state index in [1.54, 1.807) is 5.57 Å². The van der Waals surface area contributed by atoms with Crippen molar-refractivity contribution < 1.29 is 14.6 Å². The van der Waals surface area contributed by atoms with E-state index in [2.05, 4.69) is 19.9 Å². The van der Waals surface area contributed by atoms with Crippen LogP contribution in [0.4, 0.5) is 0 Å². The van der Waals surface area contributed by atoms with Gasteiger partial charge in [0.25, 0.3) is 0 Å². The predicted molar refractivity (Wildman–Crippen MR) is 112 cm³/mol. The number of fused-ring (bicyclic) bond motifs is 5. The minimum Gasteiger partial charge on any atom is -0.469 e. The molecule has 0 aromatic rings. The zero-order valence-electron chi connectivity index (χ0n) is 18.4. The van der Waals surface area contributed by atoms with Gasteiger partial charge >= 0.3 is 5.97 Å². The van der Waals surface area contributed by atoms with Gasteiger partial charge in [0.05, 0.1) is 12.7 Å². The third-order valence-corrected chi connectivity index (χ3v) is 9.74. The Morgan fingerprint density at radius 1 is 1.14 bits per heavy atom. The van der Waals surface area contributed by atoms with Crippen LogP contribution >= 0.6 is 0 Å². The van der Waals surface area contributed by atoms with Crippen molar-refractivity contribution in [3.63, 3.8) is 0 Å². The predicted octanol–water partition coefficient (Wildman–Crippen LogP) is 5.66. The van der Waals surface area contributed by atoms with Gasteiger partial charge in [-0.1, -0.05) is 25.5 Å². The van der Waals surface area contributed by atoms with Gasteiger partial charge in [-0.15, -0.1) is 0 Å². The molecule has 3 heteroatoms. The van der Waals surface area contributed by atoms with E-state index in [-0.39, 0.29) is 5.97 Å². The Labute approximate surface area is 171 Å². The summed E-state index contributed by atoms with van der Waals surface area (Å²) in [5.41, 5.74) is 1.83. The Morgan fingerprint density at radius 2 is 1.93 bits per heavy atom. The molecule has 4 aliphatic rings. The lowest BCUT2D eigenvalue weighted by Gasteiger charge is -2.59. The second kappa shape index (κ2) is 7.15. The molecule has 4 aliphatic carbocycles. The molecule has 3 saturated carbocycles. The molecule has 0 amide bonds. The Bertz CT molecular complexity index is 650. The molecule has 0 aliphatic heterocycles. The lowest BCUT2D eigenvalue weighted by molar-refractivity contribution is -0.140. The number of rotatable bonds is 4. The van der Waals surface area contributed by atoms with Crippen molar-refractivity contribution >= 4 is 5.97 Å². The maximum atomic E-state index is 11.5. The number of allylic oxidation sites excluding steroid dienone is 1. The van der Waals surface area contributed by atoms with Crippen molar-refractivity contribution in [1.29, 1.82) is 0 Å². The Morgan fingerprint density at radius 3 is 2.68 bits per heavy atom. The van der Waals surface area contributed by atoms with Crippen LogP contribution < -0.4 is 0 Å². The number of carbonyl (C=O) groups excluding carboxylic acids is 1. The van der Waals surface area contributed by atoms with E-state index in [0.29, 0.717) is 17.3 Å². The largest absolute Gasteiger partial charge is 0.469 e. The van der Waals surface area contributed by atoms with Gasteiger partial charge in [0.2, 0.25) is 0 Å². The summed E-state index contributed by atoms with van der Waals surface area (Å²) in [6.07, 6.45) is 14.9. The maximum Gasteiger partial charge on any atom is 0.305 e. The van der Waals surface area contributed by atoms with E-state index in [1.807, 2.05) is 6.92 Å². The molecule has 0 saturated heterocycles. The average molecular weight is 389 g/mol. The summed E-state index contributed by atoms with van der Waals surface area (Å²) in [5.74, 6) is 3.17. The first-order chi connectivity index (χ1) is 13.2. The number of aliphatic hydroxyl groups is 1. The van der Waals surface area contributed by atoms with Crippen LogP contribution in [0.15, 0.2) is 11.6 Å². The zero-order chi connectivity index (χ0) is 20.2.